The smallest absolute Gasteiger partial charge is 0.251 e. The zero-order valence-corrected chi connectivity index (χ0v) is 15.8. The quantitative estimate of drug-likeness (QED) is 0.779. The first-order valence-corrected chi connectivity index (χ1v) is 9.22. The molecule has 0 aliphatic carbocycles. The zero-order valence-electron chi connectivity index (χ0n) is 15.8. The van der Waals surface area contributed by atoms with E-state index < -0.39 is 0 Å². The summed E-state index contributed by atoms with van der Waals surface area (Å²) in [7, 11) is 1.84. The molecule has 2 amide bonds. The van der Waals surface area contributed by atoms with Gasteiger partial charge in [-0.3, -0.25) is 14.3 Å². The third kappa shape index (κ3) is 4.71. The minimum Gasteiger partial charge on any atom is -0.369 e. The Kier molecular flexibility index (Phi) is 5.85. The average Bonchev–Trinajstić information content (AvgIpc) is 3.01. The molecule has 1 atom stereocenters. The molecule has 8 nitrogen and oxygen atoms in total. The van der Waals surface area contributed by atoms with Crippen LogP contribution in [0.2, 0.25) is 0 Å². The number of primary amides is 1. The lowest BCUT2D eigenvalue weighted by molar-refractivity contribution is -0.123. The summed E-state index contributed by atoms with van der Waals surface area (Å²) in [5, 5.41) is 7.30. The molecule has 0 spiro atoms. The molecule has 3 N–H and O–H groups in total. The highest BCUT2D eigenvalue weighted by atomic mass is 16.2. The van der Waals surface area contributed by atoms with Crippen LogP contribution in [0.4, 0.5) is 0 Å². The van der Waals surface area contributed by atoms with E-state index in [0.29, 0.717) is 31.0 Å². The third-order valence-corrected chi connectivity index (χ3v) is 4.99. The standard InChI is InChI=1S/C19H26N6O2/c1-13-22-18(23-24(13)2)14-5-3-6-15(11-14)19(27)21-8-10-25-9-4-7-16(12-25)17(20)26/h3,5-6,11,16H,4,7-10,12H2,1-2H3,(H2,20,26)(H,21,27)/t16-/m0/s1. The van der Waals surface area contributed by atoms with E-state index in [1.807, 2.05) is 26.1 Å². The lowest BCUT2D eigenvalue weighted by Crippen LogP contribution is -2.44. The Morgan fingerprint density at radius 3 is 2.89 bits per heavy atom. The number of hydrogen-bond donors (Lipinski definition) is 2. The Labute approximate surface area is 158 Å². The number of nitrogens with one attached hydrogen (secondary N) is 1. The fourth-order valence-electron chi connectivity index (χ4n) is 3.30. The Morgan fingerprint density at radius 2 is 2.19 bits per heavy atom. The van der Waals surface area contributed by atoms with Gasteiger partial charge in [0.25, 0.3) is 5.91 Å². The first kappa shape index (κ1) is 19.0. The highest BCUT2D eigenvalue weighted by Crippen LogP contribution is 2.17. The van der Waals surface area contributed by atoms with Crippen molar-refractivity contribution in [3.63, 3.8) is 0 Å². The first-order chi connectivity index (χ1) is 12.9. The summed E-state index contributed by atoms with van der Waals surface area (Å²) in [5.41, 5.74) is 6.80. The maximum absolute atomic E-state index is 12.5. The van der Waals surface area contributed by atoms with Crippen LogP contribution < -0.4 is 11.1 Å². The summed E-state index contributed by atoms with van der Waals surface area (Å²) in [5.74, 6) is 0.971. The Morgan fingerprint density at radius 1 is 1.37 bits per heavy atom. The second-order valence-corrected chi connectivity index (χ2v) is 6.99. The molecule has 0 saturated carbocycles. The Hall–Kier alpha value is -2.74. The summed E-state index contributed by atoms with van der Waals surface area (Å²) in [4.78, 5) is 30.4. The number of hydrogen-bond acceptors (Lipinski definition) is 5. The van der Waals surface area contributed by atoms with E-state index in [4.69, 9.17) is 5.73 Å². The van der Waals surface area contributed by atoms with Gasteiger partial charge in [0.05, 0.1) is 5.92 Å². The van der Waals surface area contributed by atoms with Crippen molar-refractivity contribution >= 4 is 11.8 Å². The lowest BCUT2D eigenvalue weighted by Gasteiger charge is -2.31. The van der Waals surface area contributed by atoms with Crippen LogP contribution in [0.1, 0.15) is 29.0 Å². The van der Waals surface area contributed by atoms with Crippen LogP contribution in [0.15, 0.2) is 24.3 Å². The van der Waals surface area contributed by atoms with E-state index in [1.54, 1.807) is 16.8 Å². The monoisotopic (exact) mass is 370 g/mol. The van der Waals surface area contributed by atoms with Crippen LogP contribution in [0, 0.1) is 12.8 Å². The number of rotatable bonds is 6. The second kappa shape index (κ2) is 8.30. The van der Waals surface area contributed by atoms with E-state index in [9.17, 15) is 9.59 Å². The summed E-state index contributed by atoms with van der Waals surface area (Å²) in [6.45, 7) is 4.72. The first-order valence-electron chi connectivity index (χ1n) is 9.22. The van der Waals surface area contributed by atoms with Crippen LogP contribution in [0.3, 0.4) is 0 Å². The Bertz CT molecular complexity index is 812. The molecule has 3 rings (SSSR count). The molecule has 2 aromatic rings. The topological polar surface area (TPSA) is 106 Å². The second-order valence-electron chi connectivity index (χ2n) is 6.99. The van der Waals surface area contributed by atoms with Gasteiger partial charge in [0.2, 0.25) is 5.91 Å². The molecule has 1 fully saturated rings. The molecule has 1 aromatic heterocycles. The van der Waals surface area contributed by atoms with Crippen molar-refractivity contribution in [3.8, 4) is 11.4 Å². The summed E-state index contributed by atoms with van der Waals surface area (Å²) >= 11 is 0. The van der Waals surface area contributed by atoms with Gasteiger partial charge in [0.15, 0.2) is 5.82 Å². The van der Waals surface area contributed by atoms with Gasteiger partial charge in [-0.2, -0.15) is 5.10 Å². The number of carbonyl (C=O) groups excluding carboxylic acids is 2. The minimum atomic E-state index is -0.237. The predicted molar refractivity (Wildman–Crippen MR) is 102 cm³/mol. The van der Waals surface area contributed by atoms with Crippen LogP contribution in [-0.4, -0.2) is 57.7 Å². The van der Waals surface area contributed by atoms with Gasteiger partial charge in [-0.15, -0.1) is 0 Å². The molecule has 1 saturated heterocycles. The molecule has 1 aromatic carbocycles. The molecule has 1 aliphatic rings. The third-order valence-electron chi connectivity index (χ3n) is 4.99. The van der Waals surface area contributed by atoms with Crippen LogP contribution in [-0.2, 0) is 11.8 Å². The van der Waals surface area contributed by atoms with Gasteiger partial charge in [-0.1, -0.05) is 12.1 Å². The van der Waals surface area contributed by atoms with Gasteiger partial charge < -0.3 is 16.0 Å². The molecule has 27 heavy (non-hydrogen) atoms. The van der Waals surface area contributed by atoms with Crippen molar-refractivity contribution in [2.45, 2.75) is 19.8 Å². The van der Waals surface area contributed by atoms with Crippen LogP contribution in [0.5, 0.6) is 0 Å². The van der Waals surface area contributed by atoms with Gasteiger partial charge >= 0.3 is 0 Å². The SMILES string of the molecule is Cc1nc(-c2cccc(C(=O)NCCN3CCC[C@H](C(N)=O)C3)c2)nn1C. The number of nitrogens with two attached hydrogens (primary N) is 1. The molecule has 0 bridgehead atoms. The van der Waals surface area contributed by atoms with E-state index >= 15 is 0 Å². The number of carbonyl (C=O) groups is 2. The number of piperidine rings is 1. The number of nitrogens with zero attached hydrogens (tertiary/aromatic N) is 4. The van der Waals surface area contributed by atoms with Crippen molar-refractivity contribution < 1.29 is 9.59 Å². The molecular formula is C19H26N6O2. The van der Waals surface area contributed by atoms with E-state index in [1.165, 1.54) is 0 Å². The van der Waals surface area contributed by atoms with Crippen molar-refractivity contribution in [2.75, 3.05) is 26.2 Å². The predicted octanol–water partition coefficient (Wildman–Crippen LogP) is 0.718. The zero-order chi connectivity index (χ0) is 19.4. The summed E-state index contributed by atoms with van der Waals surface area (Å²) in [6.07, 6.45) is 1.81. The van der Waals surface area contributed by atoms with Crippen LogP contribution >= 0.6 is 0 Å². The molecule has 0 unspecified atom stereocenters. The summed E-state index contributed by atoms with van der Waals surface area (Å²) in [6, 6.07) is 7.30. The van der Waals surface area contributed by atoms with Gasteiger partial charge in [0.1, 0.15) is 5.82 Å². The molecule has 1 aliphatic heterocycles. The maximum Gasteiger partial charge on any atom is 0.251 e. The number of aromatic nitrogens is 3. The van der Waals surface area contributed by atoms with Gasteiger partial charge in [-0.25, -0.2) is 4.98 Å². The fourth-order valence-corrected chi connectivity index (χ4v) is 3.30. The van der Waals surface area contributed by atoms with Crippen LogP contribution in [0.25, 0.3) is 11.4 Å². The van der Waals surface area contributed by atoms with Crippen molar-refractivity contribution in [1.82, 2.24) is 25.0 Å². The minimum absolute atomic E-state index is 0.0829. The van der Waals surface area contributed by atoms with Gasteiger partial charge in [0, 0.05) is 37.8 Å². The number of likely N-dealkylation sites (tertiary alicyclic amines) is 1. The molecule has 8 heteroatoms. The number of aryl methyl sites for hydroxylation is 2. The number of amides is 2. The average molecular weight is 370 g/mol. The summed E-state index contributed by atoms with van der Waals surface area (Å²) < 4.78 is 1.71. The molecule has 144 valence electrons. The molecule has 0 radical (unpaired) electrons. The normalized spacial score (nSPS) is 17.6. The molecule has 2 heterocycles. The largest absolute Gasteiger partial charge is 0.369 e. The fraction of sp³-hybridized carbons (Fsp3) is 0.474. The van der Waals surface area contributed by atoms with E-state index in [0.717, 1.165) is 30.8 Å². The van der Waals surface area contributed by atoms with Crippen molar-refractivity contribution in [2.24, 2.45) is 18.7 Å². The van der Waals surface area contributed by atoms with Crippen molar-refractivity contribution in [3.05, 3.63) is 35.7 Å². The van der Waals surface area contributed by atoms with E-state index in [2.05, 4.69) is 20.3 Å². The Balaban J connectivity index is 1.55. The molecular weight excluding hydrogens is 344 g/mol. The maximum atomic E-state index is 12.5. The highest BCUT2D eigenvalue weighted by Gasteiger charge is 2.23. The van der Waals surface area contributed by atoms with Gasteiger partial charge in [-0.05, 0) is 38.4 Å². The van der Waals surface area contributed by atoms with E-state index in [-0.39, 0.29) is 17.7 Å². The van der Waals surface area contributed by atoms with Crippen molar-refractivity contribution in [1.29, 1.82) is 0 Å². The highest BCUT2D eigenvalue weighted by molar-refractivity contribution is 5.95. The number of benzene rings is 1. The lowest BCUT2D eigenvalue weighted by atomic mass is 9.97.